The first kappa shape index (κ1) is 14.3. The Hall–Kier alpha value is -0.120. The monoisotopic (exact) mass is 254 g/mol. The van der Waals surface area contributed by atoms with Crippen LogP contribution in [0, 0.1) is 5.92 Å². The molecule has 0 saturated carbocycles. The van der Waals surface area contributed by atoms with Crippen molar-refractivity contribution in [2.24, 2.45) is 5.92 Å². The van der Waals surface area contributed by atoms with Gasteiger partial charge in [0.15, 0.2) is 0 Å². The molecule has 3 atom stereocenters. The van der Waals surface area contributed by atoms with Gasteiger partial charge in [0.1, 0.15) is 0 Å². The van der Waals surface area contributed by atoms with Crippen molar-refractivity contribution in [1.82, 2.24) is 10.2 Å². The van der Waals surface area contributed by atoms with Crippen molar-refractivity contribution in [3.8, 4) is 0 Å². The standard InChI is InChI=1S/C15H30N2O/c1-13-5-3-9-17(10-7-13)11-8-16-14(2)15-6-4-12-18-15/h13-16H,3-12H2,1-2H3. The average Bonchev–Trinajstić information content (AvgIpc) is 2.81. The molecule has 2 rings (SSSR count). The van der Waals surface area contributed by atoms with Gasteiger partial charge in [-0.3, -0.25) is 0 Å². The molecule has 18 heavy (non-hydrogen) atoms. The number of rotatable bonds is 5. The van der Waals surface area contributed by atoms with E-state index < -0.39 is 0 Å². The molecule has 0 aliphatic carbocycles. The number of hydrogen-bond donors (Lipinski definition) is 1. The zero-order valence-electron chi connectivity index (χ0n) is 12.2. The Morgan fingerprint density at radius 1 is 1.22 bits per heavy atom. The van der Waals surface area contributed by atoms with Gasteiger partial charge in [0.05, 0.1) is 6.10 Å². The largest absolute Gasteiger partial charge is 0.377 e. The van der Waals surface area contributed by atoms with E-state index in [9.17, 15) is 0 Å². The lowest BCUT2D eigenvalue weighted by Crippen LogP contribution is -2.41. The molecular weight excluding hydrogens is 224 g/mol. The van der Waals surface area contributed by atoms with Crippen LogP contribution >= 0.6 is 0 Å². The van der Waals surface area contributed by atoms with E-state index in [0.29, 0.717) is 12.1 Å². The van der Waals surface area contributed by atoms with Crippen LogP contribution in [0.4, 0.5) is 0 Å². The lowest BCUT2D eigenvalue weighted by molar-refractivity contribution is 0.0827. The van der Waals surface area contributed by atoms with Gasteiger partial charge in [-0.25, -0.2) is 0 Å². The summed E-state index contributed by atoms with van der Waals surface area (Å²) in [6, 6.07) is 0.512. The highest BCUT2D eigenvalue weighted by Gasteiger charge is 2.22. The predicted octanol–water partition coefficient (Wildman–Crippen LogP) is 2.27. The predicted molar refractivity (Wildman–Crippen MR) is 75.9 cm³/mol. The molecule has 1 N–H and O–H groups in total. The van der Waals surface area contributed by atoms with E-state index in [1.54, 1.807) is 0 Å². The third-order valence-electron chi connectivity index (χ3n) is 4.53. The van der Waals surface area contributed by atoms with Gasteiger partial charge < -0.3 is 15.0 Å². The fraction of sp³-hybridized carbons (Fsp3) is 1.00. The quantitative estimate of drug-likeness (QED) is 0.814. The van der Waals surface area contributed by atoms with Crippen molar-refractivity contribution >= 4 is 0 Å². The molecule has 0 amide bonds. The molecule has 106 valence electrons. The molecule has 0 bridgehead atoms. The number of hydrogen-bond acceptors (Lipinski definition) is 3. The first-order valence-corrected chi connectivity index (χ1v) is 7.83. The van der Waals surface area contributed by atoms with E-state index in [0.717, 1.165) is 19.1 Å². The van der Waals surface area contributed by atoms with Crippen molar-refractivity contribution in [1.29, 1.82) is 0 Å². The number of likely N-dealkylation sites (tertiary alicyclic amines) is 1. The van der Waals surface area contributed by atoms with Gasteiger partial charge in [0.2, 0.25) is 0 Å². The van der Waals surface area contributed by atoms with Gasteiger partial charge in [-0.1, -0.05) is 6.92 Å². The third-order valence-corrected chi connectivity index (χ3v) is 4.53. The smallest absolute Gasteiger partial charge is 0.0726 e. The first-order valence-electron chi connectivity index (χ1n) is 7.83. The zero-order chi connectivity index (χ0) is 12.8. The van der Waals surface area contributed by atoms with Crippen molar-refractivity contribution in [3.63, 3.8) is 0 Å². The van der Waals surface area contributed by atoms with Crippen LogP contribution in [0.1, 0.15) is 46.0 Å². The van der Waals surface area contributed by atoms with Gasteiger partial charge in [0.25, 0.3) is 0 Å². The van der Waals surface area contributed by atoms with Crippen LogP contribution in [0.3, 0.4) is 0 Å². The highest BCUT2D eigenvalue weighted by molar-refractivity contribution is 4.77. The number of nitrogens with one attached hydrogen (secondary N) is 1. The summed E-state index contributed by atoms with van der Waals surface area (Å²) in [5.74, 6) is 0.925. The third kappa shape index (κ3) is 4.52. The van der Waals surface area contributed by atoms with E-state index in [-0.39, 0.29) is 0 Å². The van der Waals surface area contributed by atoms with Crippen LogP contribution in [0.15, 0.2) is 0 Å². The topological polar surface area (TPSA) is 24.5 Å². The molecule has 0 spiro atoms. The van der Waals surface area contributed by atoms with Crippen LogP contribution in [-0.4, -0.2) is 49.8 Å². The normalized spacial score (nSPS) is 32.3. The summed E-state index contributed by atoms with van der Waals surface area (Å²) in [4.78, 5) is 2.62. The summed E-state index contributed by atoms with van der Waals surface area (Å²) in [5, 5.41) is 3.64. The SMILES string of the molecule is CC1CCCN(CCNC(C)C2CCCO2)CC1. The molecule has 0 radical (unpaired) electrons. The fourth-order valence-corrected chi connectivity index (χ4v) is 3.12. The highest BCUT2D eigenvalue weighted by Crippen LogP contribution is 2.17. The Morgan fingerprint density at radius 2 is 2.11 bits per heavy atom. The fourth-order valence-electron chi connectivity index (χ4n) is 3.12. The summed E-state index contributed by atoms with van der Waals surface area (Å²) >= 11 is 0. The summed E-state index contributed by atoms with van der Waals surface area (Å²) in [6.07, 6.45) is 7.09. The lowest BCUT2D eigenvalue weighted by Gasteiger charge is -2.24. The average molecular weight is 254 g/mol. The van der Waals surface area contributed by atoms with Gasteiger partial charge in [-0.2, -0.15) is 0 Å². The molecule has 2 heterocycles. The maximum absolute atomic E-state index is 5.72. The van der Waals surface area contributed by atoms with Crippen molar-refractivity contribution in [2.45, 2.75) is 58.1 Å². The molecule has 0 aromatic rings. The van der Waals surface area contributed by atoms with Crippen LogP contribution < -0.4 is 5.32 Å². The molecule has 2 aliphatic heterocycles. The van der Waals surface area contributed by atoms with Gasteiger partial charge >= 0.3 is 0 Å². The van der Waals surface area contributed by atoms with Crippen LogP contribution in [0.5, 0.6) is 0 Å². The van der Waals surface area contributed by atoms with Crippen LogP contribution in [0.25, 0.3) is 0 Å². The minimum atomic E-state index is 0.453. The maximum atomic E-state index is 5.72. The summed E-state index contributed by atoms with van der Waals surface area (Å²) in [5.41, 5.74) is 0. The Kier molecular flexibility index (Phi) is 5.93. The Bertz CT molecular complexity index is 229. The Labute approximate surface area is 112 Å². The molecule has 2 saturated heterocycles. The molecule has 0 aromatic heterocycles. The van der Waals surface area contributed by atoms with Crippen molar-refractivity contribution < 1.29 is 4.74 Å². The van der Waals surface area contributed by atoms with Gasteiger partial charge in [-0.15, -0.1) is 0 Å². The van der Waals surface area contributed by atoms with E-state index in [2.05, 4.69) is 24.1 Å². The van der Waals surface area contributed by atoms with E-state index >= 15 is 0 Å². The second kappa shape index (κ2) is 7.46. The number of ether oxygens (including phenoxy) is 1. The maximum Gasteiger partial charge on any atom is 0.0726 e. The van der Waals surface area contributed by atoms with Crippen molar-refractivity contribution in [3.05, 3.63) is 0 Å². The van der Waals surface area contributed by atoms with E-state index in [4.69, 9.17) is 4.74 Å². The molecular formula is C15H30N2O. The summed E-state index contributed by atoms with van der Waals surface area (Å²) < 4.78 is 5.72. The second-order valence-electron chi connectivity index (χ2n) is 6.17. The Morgan fingerprint density at radius 3 is 2.89 bits per heavy atom. The van der Waals surface area contributed by atoms with Gasteiger partial charge in [-0.05, 0) is 58.0 Å². The Balaban J connectivity index is 1.59. The molecule has 2 fully saturated rings. The number of nitrogens with zero attached hydrogens (tertiary/aromatic N) is 1. The molecule has 3 unspecified atom stereocenters. The van der Waals surface area contributed by atoms with Crippen LogP contribution in [0.2, 0.25) is 0 Å². The van der Waals surface area contributed by atoms with E-state index in [1.165, 1.54) is 51.7 Å². The van der Waals surface area contributed by atoms with Crippen LogP contribution in [-0.2, 0) is 4.74 Å². The first-order chi connectivity index (χ1) is 8.75. The second-order valence-corrected chi connectivity index (χ2v) is 6.17. The minimum absolute atomic E-state index is 0.453. The van der Waals surface area contributed by atoms with Gasteiger partial charge in [0, 0.05) is 25.7 Å². The minimum Gasteiger partial charge on any atom is -0.377 e. The molecule has 2 aliphatic rings. The summed E-state index contributed by atoms with van der Waals surface area (Å²) in [6.45, 7) is 10.5. The van der Waals surface area contributed by atoms with Crippen molar-refractivity contribution in [2.75, 3.05) is 32.8 Å². The molecule has 3 nitrogen and oxygen atoms in total. The summed E-state index contributed by atoms with van der Waals surface area (Å²) in [7, 11) is 0. The lowest BCUT2D eigenvalue weighted by atomic mass is 10.0. The van der Waals surface area contributed by atoms with E-state index in [1.807, 2.05) is 0 Å². The zero-order valence-corrected chi connectivity index (χ0v) is 12.2. The molecule has 3 heteroatoms. The molecule has 0 aromatic carbocycles. The highest BCUT2D eigenvalue weighted by atomic mass is 16.5.